The second kappa shape index (κ2) is 4.95. The van der Waals surface area contributed by atoms with E-state index in [2.05, 4.69) is 0 Å². The predicted molar refractivity (Wildman–Crippen MR) is 59.9 cm³/mol. The van der Waals surface area contributed by atoms with Gasteiger partial charge in [0.1, 0.15) is 6.61 Å². The Bertz CT molecular complexity index is 481. The number of carboxylic acids is 1. The number of hydrogen-bond acceptors (Lipinski definition) is 5. The smallest absolute Gasteiger partial charge is 0.348 e. The molecule has 6 nitrogen and oxygen atoms in total. The first kappa shape index (κ1) is 12.2. The minimum atomic E-state index is -1.11. The standard InChI is InChI=1S/C12H12O6/c1-2-16-12(15)7-3-4-8-9(5-7)18-10(6-17-8)11(13)14/h3-5,10H,2,6H2,1H3,(H,13,14). The molecule has 0 spiro atoms. The normalized spacial score (nSPS) is 17.1. The molecule has 0 aromatic heterocycles. The third kappa shape index (κ3) is 2.37. The van der Waals surface area contributed by atoms with Gasteiger partial charge in [-0.1, -0.05) is 0 Å². The number of ether oxygens (including phenoxy) is 3. The van der Waals surface area contributed by atoms with Gasteiger partial charge >= 0.3 is 11.9 Å². The molecule has 0 bridgehead atoms. The highest BCUT2D eigenvalue weighted by molar-refractivity contribution is 5.90. The molecule has 96 valence electrons. The fourth-order valence-electron chi connectivity index (χ4n) is 1.54. The molecule has 0 saturated carbocycles. The lowest BCUT2D eigenvalue weighted by Gasteiger charge is -2.23. The quantitative estimate of drug-likeness (QED) is 0.811. The summed E-state index contributed by atoms with van der Waals surface area (Å²) in [5.74, 6) is -0.941. The van der Waals surface area contributed by atoms with Crippen molar-refractivity contribution in [3.63, 3.8) is 0 Å². The van der Waals surface area contributed by atoms with Crippen molar-refractivity contribution < 1.29 is 28.9 Å². The number of rotatable bonds is 3. The zero-order chi connectivity index (χ0) is 13.1. The Kier molecular flexibility index (Phi) is 3.36. The second-order valence-corrected chi connectivity index (χ2v) is 3.64. The van der Waals surface area contributed by atoms with Gasteiger partial charge in [0.2, 0.25) is 6.10 Å². The molecule has 1 aliphatic rings. The number of fused-ring (bicyclic) bond motifs is 1. The van der Waals surface area contributed by atoms with Crippen molar-refractivity contribution in [3.8, 4) is 11.5 Å². The average Bonchev–Trinajstić information content (AvgIpc) is 2.37. The molecule has 1 N–H and O–H groups in total. The van der Waals surface area contributed by atoms with Gasteiger partial charge in [0.15, 0.2) is 11.5 Å². The number of hydrogen-bond donors (Lipinski definition) is 1. The lowest BCUT2D eigenvalue weighted by atomic mass is 10.2. The molecule has 1 unspecified atom stereocenters. The molecule has 0 aliphatic carbocycles. The zero-order valence-corrected chi connectivity index (χ0v) is 9.71. The van der Waals surface area contributed by atoms with Crippen molar-refractivity contribution in [1.82, 2.24) is 0 Å². The van der Waals surface area contributed by atoms with E-state index in [0.717, 1.165) is 0 Å². The van der Waals surface area contributed by atoms with Gasteiger partial charge in [0, 0.05) is 0 Å². The first-order valence-electron chi connectivity index (χ1n) is 5.45. The Hall–Kier alpha value is -2.24. The molecule has 0 radical (unpaired) electrons. The van der Waals surface area contributed by atoms with E-state index >= 15 is 0 Å². The maximum Gasteiger partial charge on any atom is 0.348 e. The lowest BCUT2D eigenvalue weighted by Crippen LogP contribution is -2.36. The molecule has 1 aromatic rings. The van der Waals surface area contributed by atoms with E-state index in [1.807, 2.05) is 0 Å². The summed E-state index contributed by atoms with van der Waals surface area (Å²) in [4.78, 5) is 22.3. The maximum absolute atomic E-state index is 11.5. The van der Waals surface area contributed by atoms with E-state index in [1.54, 1.807) is 19.1 Å². The van der Waals surface area contributed by atoms with Crippen LogP contribution in [0.25, 0.3) is 0 Å². The maximum atomic E-state index is 11.5. The summed E-state index contributed by atoms with van der Waals surface area (Å²) in [7, 11) is 0. The Balaban J connectivity index is 2.23. The summed E-state index contributed by atoms with van der Waals surface area (Å²) >= 11 is 0. The molecule has 0 fully saturated rings. The van der Waals surface area contributed by atoms with E-state index in [4.69, 9.17) is 19.3 Å². The summed E-state index contributed by atoms with van der Waals surface area (Å²) in [6, 6.07) is 4.52. The highest BCUT2D eigenvalue weighted by Gasteiger charge is 2.27. The lowest BCUT2D eigenvalue weighted by molar-refractivity contribution is -0.147. The van der Waals surface area contributed by atoms with Gasteiger partial charge < -0.3 is 19.3 Å². The van der Waals surface area contributed by atoms with Gasteiger partial charge in [0.05, 0.1) is 12.2 Å². The number of carbonyl (C=O) groups excluding carboxylic acids is 1. The minimum absolute atomic E-state index is 0.0545. The van der Waals surface area contributed by atoms with Crippen LogP contribution in [-0.2, 0) is 9.53 Å². The first-order valence-corrected chi connectivity index (χ1v) is 5.45. The van der Waals surface area contributed by atoms with Gasteiger partial charge in [-0.2, -0.15) is 0 Å². The number of benzene rings is 1. The molecule has 1 aromatic carbocycles. The van der Waals surface area contributed by atoms with Crippen molar-refractivity contribution in [3.05, 3.63) is 23.8 Å². The molecular weight excluding hydrogens is 240 g/mol. The highest BCUT2D eigenvalue weighted by atomic mass is 16.6. The average molecular weight is 252 g/mol. The van der Waals surface area contributed by atoms with Crippen LogP contribution in [0.15, 0.2) is 18.2 Å². The van der Waals surface area contributed by atoms with Crippen LogP contribution < -0.4 is 9.47 Å². The Labute approximate surface area is 103 Å². The van der Waals surface area contributed by atoms with Crippen LogP contribution in [0.3, 0.4) is 0 Å². The van der Waals surface area contributed by atoms with Crippen molar-refractivity contribution in [2.45, 2.75) is 13.0 Å². The molecule has 1 atom stereocenters. The van der Waals surface area contributed by atoms with Gasteiger partial charge in [-0.25, -0.2) is 9.59 Å². The molecule has 18 heavy (non-hydrogen) atoms. The Morgan fingerprint density at radius 1 is 1.44 bits per heavy atom. The van der Waals surface area contributed by atoms with E-state index in [0.29, 0.717) is 11.3 Å². The van der Waals surface area contributed by atoms with E-state index in [-0.39, 0.29) is 19.0 Å². The third-order valence-corrected chi connectivity index (χ3v) is 2.39. The summed E-state index contributed by atoms with van der Waals surface area (Å²) in [6.07, 6.45) is -1.06. The fraction of sp³-hybridized carbons (Fsp3) is 0.333. The summed E-state index contributed by atoms with van der Waals surface area (Å²) in [5, 5.41) is 8.83. The summed E-state index contributed by atoms with van der Waals surface area (Å²) in [6.45, 7) is 1.92. The van der Waals surface area contributed by atoms with Crippen LogP contribution in [0.2, 0.25) is 0 Å². The molecule has 6 heteroatoms. The van der Waals surface area contributed by atoms with E-state index < -0.39 is 18.0 Å². The number of carbonyl (C=O) groups is 2. The molecule has 0 saturated heterocycles. The van der Waals surface area contributed by atoms with E-state index in [9.17, 15) is 9.59 Å². The number of aliphatic carboxylic acids is 1. The molecule has 2 rings (SSSR count). The van der Waals surface area contributed by atoms with Crippen molar-refractivity contribution >= 4 is 11.9 Å². The van der Waals surface area contributed by atoms with Crippen LogP contribution in [-0.4, -0.2) is 36.4 Å². The van der Waals surface area contributed by atoms with Gasteiger partial charge in [-0.05, 0) is 25.1 Å². The Morgan fingerprint density at radius 3 is 2.89 bits per heavy atom. The van der Waals surface area contributed by atoms with Crippen molar-refractivity contribution in [2.24, 2.45) is 0 Å². The molecule has 1 aliphatic heterocycles. The molecule has 1 heterocycles. The minimum Gasteiger partial charge on any atom is -0.485 e. The zero-order valence-electron chi connectivity index (χ0n) is 9.71. The molecule has 0 amide bonds. The third-order valence-electron chi connectivity index (χ3n) is 2.39. The predicted octanol–water partition coefficient (Wildman–Crippen LogP) is 1.09. The largest absolute Gasteiger partial charge is 0.485 e. The topological polar surface area (TPSA) is 82.1 Å². The van der Waals surface area contributed by atoms with Crippen molar-refractivity contribution in [1.29, 1.82) is 0 Å². The summed E-state index contributed by atoms with van der Waals surface area (Å²) < 4.78 is 15.3. The van der Waals surface area contributed by atoms with Gasteiger partial charge in [0.25, 0.3) is 0 Å². The number of carboxylic acid groups (broad SMARTS) is 1. The van der Waals surface area contributed by atoms with Crippen LogP contribution in [0.5, 0.6) is 11.5 Å². The van der Waals surface area contributed by atoms with Gasteiger partial charge in [-0.3, -0.25) is 0 Å². The summed E-state index contributed by atoms with van der Waals surface area (Å²) in [5.41, 5.74) is 0.297. The van der Waals surface area contributed by atoms with Crippen LogP contribution in [0.1, 0.15) is 17.3 Å². The van der Waals surface area contributed by atoms with Crippen LogP contribution >= 0.6 is 0 Å². The van der Waals surface area contributed by atoms with E-state index in [1.165, 1.54) is 6.07 Å². The van der Waals surface area contributed by atoms with Crippen LogP contribution in [0, 0.1) is 0 Å². The first-order chi connectivity index (χ1) is 8.61. The monoisotopic (exact) mass is 252 g/mol. The molecular formula is C12H12O6. The van der Waals surface area contributed by atoms with Crippen LogP contribution in [0.4, 0.5) is 0 Å². The second-order valence-electron chi connectivity index (χ2n) is 3.64. The van der Waals surface area contributed by atoms with Gasteiger partial charge in [-0.15, -0.1) is 0 Å². The highest BCUT2D eigenvalue weighted by Crippen LogP contribution is 2.32. The number of esters is 1. The Morgan fingerprint density at radius 2 is 2.22 bits per heavy atom. The fourth-order valence-corrected chi connectivity index (χ4v) is 1.54. The van der Waals surface area contributed by atoms with Crippen molar-refractivity contribution in [2.75, 3.05) is 13.2 Å². The SMILES string of the molecule is CCOC(=O)c1ccc2c(c1)OC(C(=O)O)CO2.